The molecule has 1 atom stereocenters. The Balaban J connectivity index is 1.44. The molecule has 2 N–H and O–H groups in total. The van der Waals surface area contributed by atoms with Crippen molar-refractivity contribution in [3.8, 4) is 11.5 Å². The number of carbonyl (C=O) groups is 3. The number of sulfone groups is 1. The number of anilines is 1. The maximum absolute atomic E-state index is 13.1. The van der Waals surface area contributed by atoms with Gasteiger partial charge in [0.2, 0.25) is 5.91 Å². The number of nitrogens with zero attached hydrogens (tertiary/aromatic N) is 1. The lowest BCUT2D eigenvalue weighted by Crippen LogP contribution is -2.42. The summed E-state index contributed by atoms with van der Waals surface area (Å²) in [4.78, 5) is 39.2. The molecule has 1 fully saturated rings. The normalized spacial score (nSPS) is 17.7. The molecule has 0 saturated carbocycles. The Bertz CT molecular complexity index is 1390. The number of nitrogens with one attached hydrogen (secondary N) is 2. The Hall–Kier alpha value is -4.18. The van der Waals surface area contributed by atoms with Gasteiger partial charge in [-0.05, 0) is 48.9 Å². The van der Waals surface area contributed by atoms with Gasteiger partial charge in [-0.2, -0.15) is 0 Å². The number of rotatable bonds is 7. The number of ether oxygens (including phenoxy) is 1. The highest BCUT2D eigenvalue weighted by molar-refractivity contribution is 7.90. The van der Waals surface area contributed by atoms with Crippen LogP contribution in [0.3, 0.4) is 0 Å². The van der Waals surface area contributed by atoms with Crippen molar-refractivity contribution in [3.63, 3.8) is 0 Å². The zero-order valence-electron chi connectivity index (χ0n) is 19.0. The minimum absolute atomic E-state index is 0.0938. The maximum Gasteiger partial charge on any atom is 0.325 e. The quantitative estimate of drug-likeness (QED) is 0.487. The first-order valence-electron chi connectivity index (χ1n) is 10.6. The minimum Gasteiger partial charge on any atom is -0.457 e. The molecule has 180 valence electrons. The summed E-state index contributed by atoms with van der Waals surface area (Å²) in [5.41, 5.74) is -0.594. The summed E-state index contributed by atoms with van der Waals surface area (Å²) in [7, 11) is -3.41. The van der Waals surface area contributed by atoms with Gasteiger partial charge in [0.15, 0.2) is 9.84 Å². The Labute approximate surface area is 202 Å². The Morgan fingerprint density at radius 2 is 1.63 bits per heavy atom. The topological polar surface area (TPSA) is 122 Å². The molecule has 1 saturated heterocycles. The molecule has 0 spiro atoms. The van der Waals surface area contributed by atoms with E-state index in [1.165, 1.54) is 31.2 Å². The van der Waals surface area contributed by atoms with Crippen LogP contribution in [-0.4, -0.2) is 44.0 Å². The Morgan fingerprint density at radius 1 is 0.971 bits per heavy atom. The molecule has 0 aliphatic carbocycles. The monoisotopic (exact) mass is 493 g/mol. The van der Waals surface area contributed by atoms with Crippen LogP contribution in [0.1, 0.15) is 12.5 Å². The fourth-order valence-electron chi connectivity index (χ4n) is 3.68. The molecule has 0 aromatic heterocycles. The first-order valence-corrected chi connectivity index (χ1v) is 12.5. The van der Waals surface area contributed by atoms with Crippen LogP contribution in [0.2, 0.25) is 0 Å². The summed E-state index contributed by atoms with van der Waals surface area (Å²) < 4.78 is 29.2. The van der Waals surface area contributed by atoms with Gasteiger partial charge in [-0.25, -0.2) is 13.2 Å². The minimum atomic E-state index is -3.41. The van der Waals surface area contributed by atoms with Crippen LogP contribution in [0.5, 0.6) is 11.5 Å². The van der Waals surface area contributed by atoms with E-state index >= 15 is 0 Å². The van der Waals surface area contributed by atoms with Crippen LogP contribution in [0.25, 0.3) is 0 Å². The van der Waals surface area contributed by atoms with Crippen molar-refractivity contribution in [3.05, 3.63) is 84.4 Å². The molecule has 4 rings (SSSR count). The molecule has 1 aliphatic rings. The third-order valence-corrected chi connectivity index (χ3v) is 6.66. The number of hydrogen-bond acceptors (Lipinski definition) is 6. The number of carbonyl (C=O) groups excluding carboxylic acids is 3. The lowest BCUT2D eigenvalue weighted by Gasteiger charge is -2.22. The van der Waals surface area contributed by atoms with Crippen molar-refractivity contribution < 1.29 is 27.5 Å². The largest absolute Gasteiger partial charge is 0.457 e. The van der Waals surface area contributed by atoms with Gasteiger partial charge in [0, 0.05) is 18.0 Å². The predicted molar refractivity (Wildman–Crippen MR) is 129 cm³/mol. The number of benzene rings is 3. The molecule has 10 heteroatoms. The van der Waals surface area contributed by atoms with Crippen LogP contribution in [0.4, 0.5) is 10.5 Å². The van der Waals surface area contributed by atoms with Gasteiger partial charge in [0.25, 0.3) is 5.91 Å². The molecule has 3 aromatic rings. The van der Waals surface area contributed by atoms with E-state index in [9.17, 15) is 22.8 Å². The fourth-order valence-corrected chi connectivity index (χ4v) is 4.31. The summed E-state index contributed by atoms with van der Waals surface area (Å²) in [5, 5.41) is 5.27. The average molecular weight is 494 g/mol. The number of para-hydroxylation sites is 1. The van der Waals surface area contributed by atoms with E-state index in [4.69, 9.17) is 4.74 Å². The zero-order chi connectivity index (χ0) is 25.2. The lowest BCUT2D eigenvalue weighted by molar-refractivity contribution is -0.133. The fraction of sp³-hybridized carbons (Fsp3) is 0.160. The maximum atomic E-state index is 13.1. The standard InChI is InChI=1S/C25H23N3O6S/c1-25(17-11-13-21(14-12-17)35(2,32)33)23(30)28(24(31)27-25)16-22(29)26-18-7-6-10-20(15-18)34-19-8-4-3-5-9-19/h3-15H,16H2,1-2H3,(H,26,29)(H,27,31). The molecule has 9 nitrogen and oxygen atoms in total. The molecule has 1 heterocycles. The van der Waals surface area contributed by atoms with Crippen molar-refractivity contribution in [2.24, 2.45) is 0 Å². The van der Waals surface area contributed by atoms with Crippen LogP contribution < -0.4 is 15.4 Å². The van der Waals surface area contributed by atoms with Gasteiger partial charge in [-0.1, -0.05) is 36.4 Å². The summed E-state index contributed by atoms with van der Waals surface area (Å²) in [5.74, 6) is -0.0405. The molecule has 35 heavy (non-hydrogen) atoms. The molecule has 3 aromatic carbocycles. The second-order valence-corrected chi connectivity index (χ2v) is 10.2. The van der Waals surface area contributed by atoms with Crippen LogP contribution in [-0.2, 0) is 25.0 Å². The molecular weight excluding hydrogens is 470 g/mol. The number of imide groups is 1. The van der Waals surface area contributed by atoms with E-state index in [2.05, 4.69) is 10.6 Å². The molecule has 0 bridgehead atoms. The van der Waals surface area contributed by atoms with E-state index in [-0.39, 0.29) is 4.90 Å². The summed E-state index contributed by atoms with van der Waals surface area (Å²) in [6, 6.07) is 20.8. The molecule has 4 amide bonds. The third-order valence-electron chi connectivity index (χ3n) is 5.53. The SMILES string of the molecule is CC1(c2ccc(S(C)(=O)=O)cc2)NC(=O)N(CC(=O)Nc2cccc(Oc3ccccc3)c2)C1=O. The van der Waals surface area contributed by atoms with Gasteiger partial charge in [-0.15, -0.1) is 0 Å². The zero-order valence-corrected chi connectivity index (χ0v) is 19.8. The summed E-state index contributed by atoms with van der Waals surface area (Å²) >= 11 is 0. The van der Waals surface area contributed by atoms with E-state index in [1.54, 1.807) is 36.4 Å². The van der Waals surface area contributed by atoms with Crippen LogP contribution >= 0.6 is 0 Å². The molecule has 0 radical (unpaired) electrons. The third kappa shape index (κ3) is 5.17. The molecule has 1 unspecified atom stereocenters. The van der Waals surface area contributed by atoms with E-state index in [0.717, 1.165) is 11.2 Å². The van der Waals surface area contributed by atoms with Gasteiger partial charge >= 0.3 is 6.03 Å². The predicted octanol–water partition coefficient (Wildman–Crippen LogP) is 3.29. The number of urea groups is 1. The van der Waals surface area contributed by atoms with Gasteiger partial charge in [0.1, 0.15) is 23.6 Å². The summed E-state index contributed by atoms with van der Waals surface area (Å²) in [6.45, 7) is 1.01. The van der Waals surface area contributed by atoms with E-state index in [0.29, 0.717) is 22.7 Å². The Morgan fingerprint density at radius 3 is 2.29 bits per heavy atom. The van der Waals surface area contributed by atoms with E-state index in [1.807, 2.05) is 18.2 Å². The highest BCUT2D eigenvalue weighted by Crippen LogP contribution is 2.30. The first-order chi connectivity index (χ1) is 16.6. The smallest absolute Gasteiger partial charge is 0.325 e. The molecule has 1 aliphatic heterocycles. The highest BCUT2D eigenvalue weighted by atomic mass is 32.2. The van der Waals surface area contributed by atoms with Crippen molar-refractivity contribution >= 4 is 33.4 Å². The number of amides is 4. The van der Waals surface area contributed by atoms with Gasteiger partial charge in [-0.3, -0.25) is 14.5 Å². The number of hydrogen-bond donors (Lipinski definition) is 2. The van der Waals surface area contributed by atoms with Crippen molar-refractivity contribution in [1.82, 2.24) is 10.2 Å². The lowest BCUT2D eigenvalue weighted by atomic mass is 9.92. The Kier molecular flexibility index (Phi) is 6.31. The first kappa shape index (κ1) is 24.0. The van der Waals surface area contributed by atoms with Crippen molar-refractivity contribution in [2.75, 3.05) is 18.1 Å². The molecular formula is C25H23N3O6S. The summed E-state index contributed by atoms with van der Waals surface area (Å²) in [6.07, 6.45) is 1.08. The second-order valence-electron chi connectivity index (χ2n) is 8.23. The van der Waals surface area contributed by atoms with Crippen molar-refractivity contribution in [1.29, 1.82) is 0 Å². The average Bonchev–Trinajstić information content (AvgIpc) is 3.03. The second kappa shape index (κ2) is 9.22. The van der Waals surface area contributed by atoms with Crippen LogP contribution in [0.15, 0.2) is 83.8 Å². The van der Waals surface area contributed by atoms with Crippen molar-refractivity contribution in [2.45, 2.75) is 17.4 Å². The van der Waals surface area contributed by atoms with Crippen LogP contribution in [0, 0.1) is 0 Å². The highest BCUT2D eigenvalue weighted by Gasteiger charge is 2.49. The van der Waals surface area contributed by atoms with Gasteiger partial charge < -0.3 is 15.4 Å². The van der Waals surface area contributed by atoms with E-state index < -0.39 is 39.8 Å². The van der Waals surface area contributed by atoms with Gasteiger partial charge in [0.05, 0.1) is 4.90 Å².